The van der Waals surface area contributed by atoms with Crippen molar-refractivity contribution in [3.63, 3.8) is 0 Å². The number of amides is 2. The van der Waals surface area contributed by atoms with E-state index < -0.39 is 11.9 Å². The number of hydrogen-bond acceptors (Lipinski definition) is 4. The van der Waals surface area contributed by atoms with Crippen LogP contribution in [0.15, 0.2) is 42.5 Å². The molecule has 2 atom stereocenters. The first kappa shape index (κ1) is 25.3. The maximum absolute atomic E-state index is 13.1. The Morgan fingerprint density at radius 1 is 1.09 bits per heavy atom. The normalized spacial score (nSPS) is 15.8. The number of carbonyl (C=O) groups excluding carboxylic acids is 2. The summed E-state index contributed by atoms with van der Waals surface area (Å²) in [5.74, 6) is 0.0437. The summed E-state index contributed by atoms with van der Waals surface area (Å²) in [6.07, 6.45) is 2.28. The van der Waals surface area contributed by atoms with E-state index in [2.05, 4.69) is 21.6 Å². The number of halogens is 2. The van der Waals surface area contributed by atoms with Crippen LogP contribution in [0, 0.1) is 5.92 Å². The second-order valence-corrected chi connectivity index (χ2v) is 9.44. The molecule has 8 heteroatoms. The SMILES string of the molecule is COc1cccc([C@@H](CNC(=O)[C@@H](NC(=O)c2ccc(Cl)cc2Cl)C(C)C)N2CCCC2)c1. The minimum absolute atomic E-state index is 0.0285. The van der Waals surface area contributed by atoms with Gasteiger partial charge in [0.25, 0.3) is 5.91 Å². The molecule has 0 unspecified atom stereocenters. The molecule has 1 aliphatic rings. The van der Waals surface area contributed by atoms with Crippen LogP contribution in [0.25, 0.3) is 0 Å². The zero-order valence-corrected chi connectivity index (χ0v) is 20.7. The molecule has 178 valence electrons. The molecule has 1 saturated heterocycles. The minimum Gasteiger partial charge on any atom is -0.497 e. The molecule has 3 rings (SSSR count). The number of likely N-dealkylation sites (tertiary alicyclic amines) is 1. The molecule has 2 N–H and O–H groups in total. The van der Waals surface area contributed by atoms with Gasteiger partial charge in [0.1, 0.15) is 11.8 Å². The Bertz CT molecular complexity index is 977. The fourth-order valence-corrected chi connectivity index (χ4v) is 4.59. The fourth-order valence-electron chi connectivity index (χ4n) is 4.09. The number of carbonyl (C=O) groups is 2. The highest BCUT2D eigenvalue weighted by Gasteiger charge is 2.28. The summed E-state index contributed by atoms with van der Waals surface area (Å²) in [6.45, 7) is 6.20. The van der Waals surface area contributed by atoms with Gasteiger partial charge in [-0.25, -0.2) is 0 Å². The lowest BCUT2D eigenvalue weighted by molar-refractivity contribution is -0.124. The van der Waals surface area contributed by atoms with E-state index in [-0.39, 0.29) is 28.5 Å². The average molecular weight is 492 g/mol. The van der Waals surface area contributed by atoms with Crippen LogP contribution in [0.2, 0.25) is 10.0 Å². The Labute approximate surface area is 205 Å². The van der Waals surface area contributed by atoms with Crippen molar-refractivity contribution < 1.29 is 14.3 Å². The van der Waals surface area contributed by atoms with Crippen LogP contribution in [-0.2, 0) is 4.79 Å². The van der Waals surface area contributed by atoms with E-state index in [0.717, 1.165) is 37.2 Å². The summed E-state index contributed by atoms with van der Waals surface area (Å²) in [7, 11) is 1.65. The number of benzene rings is 2. The number of rotatable bonds is 9. The zero-order chi connectivity index (χ0) is 24.0. The molecule has 0 spiro atoms. The van der Waals surface area contributed by atoms with Crippen molar-refractivity contribution in [2.24, 2.45) is 5.92 Å². The third-order valence-electron chi connectivity index (χ3n) is 5.94. The first-order valence-corrected chi connectivity index (χ1v) is 12.0. The largest absolute Gasteiger partial charge is 0.497 e. The van der Waals surface area contributed by atoms with Crippen molar-refractivity contribution in [3.8, 4) is 5.75 Å². The molecule has 33 heavy (non-hydrogen) atoms. The molecule has 6 nitrogen and oxygen atoms in total. The smallest absolute Gasteiger partial charge is 0.253 e. The fraction of sp³-hybridized carbons (Fsp3) is 0.440. The van der Waals surface area contributed by atoms with Crippen LogP contribution in [0.3, 0.4) is 0 Å². The van der Waals surface area contributed by atoms with Gasteiger partial charge in [-0.15, -0.1) is 0 Å². The Balaban J connectivity index is 1.71. The lowest BCUT2D eigenvalue weighted by Crippen LogP contribution is -2.51. The predicted molar refractivity (Wildman–Crippen MR) is 132 cm³/mol. The van der Waals surface area contributed by atoms with E-state index in [1.807, 2.05) is 32.0 Å². The standard InChI is InChI=1S/C25H31Cl2N3O3/c1-16(2)23(29-24(31)20-10-9-18(26)14-21(20)27)25(32)28-15-22(30-11-4-5-12-30)17-7-6-8-19(13-17)33-3/h6-10,13-14,16,22-23H,4-5,11-12,15H2,1-3H3,(H,28,32)(H,29,31)/t22-,23+/m1/s1. The van der Waals surface area contributed by atoms with E-state index in [0.29, 0.717) is 11.6 Å². The molecular weight excluding hydrogens is 461 g/mol. The van der Waals surface area contributed by atoms with Crippen LogP contribution in [0.5, 0.6) is 5.75 Å². The molecule has 1 heterocycles. The molecule has 0 aliphatic carbocycles. The second kappa shape index (κ2) is 11.7. The number of methoxy groups -OCH3 is 1. The quantitative estimate of drug-likeness (QED) is 0.532. The number of hydrogen-bond donors (Lipinski definition) is 2. The molecule has 2 amide bonds. The third kappa shape index (κ3) is 6.62. The van der Waals surface area contributed by atoms with Gasteiger partial charge in [-0.3, -0.25) is 14.5 Å². The van der Waals surface area contributed by atoms with Crippen LogP contribution in [0.4, 0.5) is 0 Å². The first-order valence-electron chi connectivity index (χ1n) is 11.2. The highest BCUT2D eigenvalue weighted by molar-refractivity contribution is 6.36. The van der Waals surface area contributed by atoms with Crippen molar-refractivity contribution in [2.75, 3.05) is 26.7 Å². The minimum atomic E-state index is -0.700. The molecule has 1 aliphatic heterocycles. The van der Waals surface area contributed by atoms with Crippen molar-refractivity contribution >= 4 is 35.0 Å². The molecule has 0 radical (unpaired) electrons. The van der Waals surface area contributed by atoms with E-state index in [4.69, 9.17) is 27.9 Å². The summed E-state index contributed by atoms with van der Waals surface area (Å²) < 4.78 is 5.39. The number of ether oxygens (including phenoxy) is 1. The Hall–Kier alpha value is -2.28. The average Bonchev–Trinajstić information content (AvgIpc) is 3.31. The van der Waals surface area contributed by atoms with E-state index in [1.54, 1.807) is 19.2 Å². The van der Waals surface area contributed by atoms with Gasteiger partial charge in [0.05, 0.1) is 23.7 Å². The summed E-state index contributed by atoms with van der Waals surface area (Å²) in [6, 6.07) is 11.9. The van der Waals surface area contributed by atoms with Gasteiger partial charge in [-0.05, 0) is 67.7 Å². The Morgan fingerprint density at radius 2 is 1.82 bits per heavy atom. The Morgan fingerprint density at radius 3 is 2.45 bits per heavy atom. The number of nitrogens with zero attached hydrogens (tertiary/aromatic N) is 1. The van der Waals surface area contributed by atoms with Gasteiger partial charge in [0, 0.05) is 11.6 Å². The summed E-state index contributed by atoms with van der Waals surface area (Å²) >= 11 is 12.1. The lowest BCUT2D eigenvalue weighted by atomic mass is 10.0. The summed E-state index contributed by atoms with van der Waals surface area (Å²) in [4.78, 5) is 28.3. The molecule has 1 fully saturated rings. The van der Waals surface area contributed by atoms with Gasteiger partial charge in [0.2, 0.25) is 5.91 Å². The predicted octanol–water partition coefficient (Wildman–Crippen LogP) is 4.71. The monoisotopic (exact) mass is 491 g/mol. The van der Waals surface area contributed by atoms with Gasteiger partial charge in [-0.2, -0.15) is 0 Å². The number of nitrogens with one attached hydrogen (secondary N) is 2. The molecule has 2 aromatic rings. The molecule has 0 saturated carbocycles. The first-order chi connectivity index (χ1) is 15.8. The highest BCUT2D eigenvalue weighted by atomic mass is 35.5. The lowest BCUT2D eigenvalue weighted by Gasteiger charge is -2.30. The van der Waals surface area contributed by atoms with Gasteiger partial charge in [0.15, 0.2) is 0 Å². The second-order valence-electron chi connectivity index (χ2n) is 8.60. The highest BCUT2D eigenvalue weighted by Crippen LogP contribution is 2.27. The van der Waals surface area contributed by atoms with E-state index in [1.165, 1.54) is 6.07 Å². The van der Waals surface area contributed by atoms with Crippen molar-refractivity contribution in [1.29, 1.82) is 0 Å². The van der Waals surface area contributed by atoms with Crippen molar-refractivity contribution in [1.82, 2.24) is 15.5 Å². The topological polar surface area (TPSA) is 70.7 Å². The maximum Gasteiger partial charge on any atom is 0.253 e. The summed E-state index contributed by atoms with van der Waals surface area (Å²) in [5, 5.41) is 6.59. The molecule has 0 aromatic heterocycles. The van der Waals surface area contributed by atoms with Crippen LogP contribution in [0.1, 0.15) is 48.7 Å². The van der Waals surface area contributed by atoms with Gasteiger partial charge >= 0.3 is 0 Å². The maximum atomic E-state index is 13.1. The van der Waals surface area contributed by atoms with Crippen LogP contribution >= 0.6 is 23.2 Å². The third-order valence-corrected chi connectivity index (χ3v) is 6.49. The van der Waals surface area contributed by atoms with Crippen molar-refractivity contribution in [2.45, 2.75) is 38.8 Å². The van der Waals surface area contributed by atoms with Crippen LogP contribution in [-0.4, -0.2) is 49.5 Å². The van der Waals surface area contributed by atoms with Gasteiger partial charge in [-0.1, -0.05) is 49.2 Å². The summed E-state index contributed by atoms with van der Waals surface area (Å²) in [5.41, 5.74) is 1.38. The van der Waals surface area contributed by atoms with Gasteiger partial charge < -0.3 is 15.4 Å². The zero-order valence-electron chi connectivity index (χ0n) is 19.2. The van der Waals surface area contributed by atoms with E-state index >= 15 is 0 Å². The molecular formula is C25H31Cl2N3O3. The Kier molecular flexibility index (Phi) is 9.01. The van der Waals surface area contributed by atoms with Crippen molar-refractivity contribution in [3.05, 3.63) is 63.6 Å². The van der Waals surface area contributed by atoms with Crippen LogP contribution < -0.4 is 15.4 Å². The molecule has 2 aromatic carbocycles. The molecule has 0 bridgehead atoms. The van der Waals surface area contributed by atoms with E-state index in [9.17, 15) is 9.59 Å².